The maximum absolute atomic E-state index is 15.2. The zero-order valence-electron chi connectivity index (χ0n) is 17.2. The Morgan fingerprint density at radius 3 is 2.68 bits per heavy atom. The number of nitrogens with zero attached hydrogens (tertiary/aromatic N) is 1. The van der Waals surface area contributed by atoms with E-state index in [4.69, 9.17) is 16.3 Å². The third-order valence-corrected chi connectivity index (χ3v) is 6.16. The topological polar surface area (TPSA) is 41.6 Å². The van der Waals surface area contributed by atoms with Gasteiger partial charge < -0.3 is 15.0 Å². The number of nitrogens with one attached hydrogen (secondary N) is 1. The van der Waals surface area contributed by atoms with Crippen LogP contribution in [0.5, 0.6) is 0 Å². The van der Waals surface area contributed by atoms with E-state index in [-0.39, 0.29) is 18.1 Å². The fourth-order valence-corrected chi connectivity index (χ4v) is 4.69. The van der Waals surface area contributed by atoms with Gasteiger partial charge in [0.05, 0.1) is 12.1 Å². The molecule has 156 valence electrons. The van der Waals surface area contributed by atoms with Crippen LogP contribution in [0.4, 0.5) is 4.39 Å². The molecule has 2 heterocycles. The summed E-state index contributed by atoms with van der Waals surface area (Å²) in [4.78, 5) is 14.7. The van der Waals surface area contributed by atoms with Gasteiger partial charge in [-0.2, -0.15) is 0 Å². The number of piperidine rings is 1. The van der Waals surface area contributed by atoms with Crippen LogP contribution in [0.15, 0.2) is 18.2 Å². The number of benzene rings is 1. The molecule has 28 heavy (non-hydrogen) atoms. The minimum Gasteiger partial charge on any atom is -0.376 e. The molecule has 2 aliphatic rings. The van der Waals surface area contributed by atoms with Crippen LogP contribution in [0.1, 0.15) is 55.5 Å². The largest absolute Gasteiger partial charge is 0.376 e. The van der Waals surface area contributed by atoms with E-state index in [1.807, 2.05) is 6.92 Å². The molecule has 6 heteroatoms. The molecule has 0 spiro atoms. The molecule has 2 fully saturated rings. The highest BCUT2D eigenvalue weighted by Gasteiger charge is 2.36. The van der Waals surface area contributed by atoms with Gasteiger partial charge in [-0.25, -0.2) is 4.39 Å². The fourth-order valence-electron chi connectivity index (χ4n) is 4.40. The Bertz CT molecular complexity index is 682. The van der Waals surface area contributed by atoms with E-state index in [2.05, 4.69) is 24.1 Å². The predicted molar refractivity (Wildman–Crippen MR) is 111 cm³/mol. The number of rotatable bonds is 5. The van der Waals surface area contributed by atoms with Crippen molar-refractivity contribution in [1.82, 2.24) is 10.2 Å². The molecule has 0 aromatic heterocycles. The highest BCUT2D eigenvalue weighted by molar-refractivity contribution is 6.31. The summed E-state index contributed by atoms with van der Waals surface area (Å²) in [5.74, 6) is 0.344. The molecule has 0 unspecified atom stereocenters. The van der Waals surface area contributed by atoms with E-state index < -0.39 is 5.67 Å². The van der Waals surface area contributed by atoms with Crippen LogP contribution in [0.3, 0.4) is 0 Å². The quantitative estimate of drug-likeness (QED) is 0.782. The van der Waals surface area contributed by atoms with Crippen LogP contribution >= 0.6 is 11.6 Å². The summed E-state index contributed by atoms with van der Waals surface area (Å²) < 4.78 is 21.0. The van der Waals surface area contributed by atoms with Gasteiger partial charge in [0, 0.05) is 36.8 Å². The second-order valence-electron chi connectivity index (χ2n) is 9.12. The minimum absolute atomic E-state index is 0.0501. The van der Waals surface area contributed by atoms with Crippen LogP contribution < -0.4 is 5.32 Å². The van der Waals surface area contributed by atoms with E-state index in [1.165, 1.54) is 0 Å². The van der Waals surface area contributed by atoms with Crippen LogP contribution in [-0.2, 0) is 4.74 Å². The lowest BCUT2D eigenvalue weighted by molar-refractivity contribution is -0.0791. The van der Waals surface area contributed by atoms with Gasteiger partial charge >= 0.3 is 0 Å². The molecule has 0 bridgehead atoms. The number of hydrogen-bond donors (Lipinski definition) is 1. The molecule has 2 saturated heterocycles. The Balaban J connectivity index is 1.46. The summed E-state index contributed by atoms with van der Waals surface area (Å²) in [5.41, 5.74) is 0.00523. The molecule has 3 rings (SSSR count). The summed E-state index contributed by atoms with van der Waals surface area (Å²) in [6.45, 7) is 9.52. The molecular formula is C22H32ClFN2O2. The summed E-state index contributed by atoms with van der Waals surface area (Å²) >= 11 is 6.02. The molecule has 1 aromatic carbocycles. The molecule has 1 amide bonds. The minimum atomic E-state index is -1.34. The molecular weight excluding hydrogens is 379 g/mol. The first-order valence-electron chi connectivity index (χ1n) is 10.2. The Hall–Kier alpha value is -1.17. The number of ether oxygens (including phenoxy) is 1. The van der Waals surface area contributed by atoms with Gasteiger partial charge in [-0.1, -0.05) is 11.6 Å². The fraction of sp³-hybridized carbons (Fsp3) is 0.682. The normalized spacial score (nSPS) is 24.7. The van der Waals surface area contributed by atoms with Crippen molar-refractivity contribution in [3.8, 4) is 0 Å². The van der Waals surface area contributed by atoms with Gasteiger partial charge in [0.1, 0.15) is 5.67 Å². The third-order valence-electron chi connectivity index (χ3n) is 5.94. The number of carbonyl (C=O) groups is 1. The molecule has 4 nitrogen and oxygen atoms in total. The first kappa shape index (κ1) is 21.5. The maximum Gasteiger partial charge on any atom is 0.251 e. The number of carbonyl (C=O) groups excluding carboxylic acids is 1. The van der Waals surface area contributed by atoms with Crippen LogP contribution in [-0.4, -0.2) is 54.9 Å². The summed E-state index contributed by atoms with van der Waals surface area (Å²) in [6, 6.07) is 5.18. The summed E-state index contributed by atoms with van der Waals surface area (Å²) in [5, 5.41) is 3.28. The molecule has 0 saturated carbocycles. The average molecular weight is 411 g/mol. The second-order valence-corrected chi connectivity index (χ2v) is 9.55. The first-order valence-corrected chi connectivity index (χ1v) is 10.6. The lowest BCUT2D eigenvalue weighted by atomic mass is 9.86. The van der Waals surface area contributed by atoms with Crippen molar-refractivity contribution in [3.63, 3.8) is 0 Å². The van der Waals surface area contributed by atoms with Crippen molar-refractivity contribution in [2.24, 2.45) is 5.92 Å². The predicted octanol–water partition coefficient (Wildman–Crippen LogP) is 4.39. The van der Waals surface area contributed by atoms with Crippen molar-refractivity contribution in [3.05, 3.63) is 34.3 Å². The molecule has 0 radical (unpaired) electrons. The number of likely N-dealkylation sites (tertiary alicyclic amines) is 1. The van der Waals surface area contributed by atoms with Gasteiger partial charge in [-0.3, -0.25) is 4.79 Å². The Morgan fingerprint density at radius 2 is 2.04 bits per heavy atom. The second kappa shape index (κ2) is 8.68. The van der Waals surface area contributed by atoms with Crippen molar-refractivity contribution in [2.45, 2.75) is 57.7 Å². The van der Waals surface area contributed by atoms with Crippen LogP contribution in [0, 0.1) is 12.8 Å². The van der Waals surface area contributed by atoms with E-state index in [0.717, 1.165) is 44.6 Å². The lowest BCUT2D eigenvalue weighted by Gasteiger charge is -2.41. The van der Waals surface area contributed by atoms with Crippen LogP contribution in [0.2, 0.25) is 5.02 Å². The lowest BCUT2D eigenvalue weighted by Crippen LogP contribution is -2.50. The van der Waals surface area contributed by atoms with E-state index in [1.54, 1.807) is 18.2 Å². The molecule has 0 aliphatic carbocycles. The zero-order valence-corrected chi connectivity index (χ0v) is 17.9. The SMILES string of the molecule is Cc1cc(Cl)cc(C(=O)NCC2(F)CCN(C[C@H]3CCOC(C)(C)C3)CC2)c1. The Kier molecular flexibility index (Phi) is 6.68. The molecule has 2 aliphatic heterocycles. The van der Waals surface area contributed by atoms with Gasteiger partial charge in [0.15, 0.2) is 0 Å². The van der Waals surface area contributed by atoms with E-state index >= 15 is 4.39 Å². The number of alkyl halides is 1. The first-order chi connectivity index (χ1) is 13.1. The van der Waals surface area contributed by atoms with Crippen molar-refractivity contribution in [1.29, 1.82) is 0 Å². The van der Waals surface area contributed by atoms with Gasteiger partial charge in [-0.05, 0) is 76.1 Å². The zero-order chi connectivity index (χ0) is 20.4. The number of halogens is 2. The molecule has 1 N–H and O–H groups in total. The van der Waals surface area contributed by atoms with Crippen molar-refractivity contribution in [2.75, 3.05) is 32.8 Å². The average Bonchev–Trinajstić information content (AvgIpc) is 2.60. The maximum atomic E-state index is 15.2. The number of aryl methyl sites for hydroxylation is 1. The highest BCUT2D eigenvalue weighted by Crippen LogP contribution is 2.31. The smallest absolute Gasteiger partial charge is 0.251 e. The standard InChI is InChI=1S/C22H32ClFN2O2/c1-16-10-18(12-19(23)11-16)20(27)25-15-22(24)5-7-26(8-6-22)14-17-4-9-28-21(2,3)13-17/h10-12,17H,4-9,13-15H2,1-3H3,(H,25,27)/t17-/m0/s1. The number of hydrogen-bond acceptors (Lipinski definition) is 3. The Labute approximate surface area is 172 Å². The summed E-state index contributed by atoms with van der Waals surface area (Å²) in [7, 11) is 0. The highest BCUT2D eigenvalue weighted by atomic mass is 35.5. The van der Waals surface area contributed by atoms with E-state index in [0.29, 0.717) is 29.3 Å². The number of amides is 1. The third kappa shape index (κ3) is 5.91. The van der Waals surface area contributed by atoms with Gasteiger partial charge in [0.25, 0.3) is 5.91 Å². The summed E-state index contributed by atoms with van der Waals surface area (Å²) in [6.07, 6.45) is 3.04. The monoisotopic (exact) mass is 410 g/mol. The van der Waals surface area contributed by atoms with Gasteiger partial charge in [0.2, 0.25) is 0 Å². The molecule has 1 aromatic rings. The van der Waals surface area contributed by atoms with Crippen molar-refractivity contribution < 1.29 is 13.9 Å². The Morgan fingerprint density at radius 1 is 1.32 bits per heavy atom. The van der Waals surface area contributed by atoms with Gasteiger partial charge in [-0.15, -0.1) is 0 Å². The van der Waals surface area contributed by atoms with Crippen molar-refractivity contribution >= 4 is 17.5 Å². The van der Waals surface area contributed by atoms with E-state index in [9.17, 15) is 4.79 Å². The molecule has 1 atom stereocenters. The van der Waals surface area contributed by atoms with Crippen LogP contribution in [0.25, 0.3) is 0 Å².